The number of nitrogens with one attached hydrogen (secondary N) is 1. The Hall–Kier alpha value is -1.60. The lowest BCUT2D eigenvalue weighted by Crippen LogP contribution is -2.47. The van der Waals surface area contributed by atoms with E-state index in [0.29, 0.717) is 29.5 Å². The van der Waals surface area contributed by atoms with E-state index >= 15 is 0 Å². The lowest BCUT2D eigenvalue weighted by Gasteiger charge is -2.36. The van der Waals surface area contributed by atoms with Gasteiger partial charge >= 0.3 is 0 Å². The van der Waals surface area contributed by atoms with Crippen LogP contribution in [0.15, 0.2) is 18.2 Å². The van der Waals surface area contributed by atoms with Crippen LogP contribution in [0, 0.1) is 11.8 Å². The van der Waals surface area contributed by atoms with Gasteiger partial charge in [0.25, 0.3) is 5.91 Å². The third-order valence-corrected chi connectivity index (χ3v) is 6.98. The summed E-state index contributed by atoms with van der Waals surface area (Å²) in [5.41, 5.74) is 2.20. The minimum absolute atomic E-state index is 0.0599. The zero-order valence-corrected chi connectivity index (χ0v) is 18.4. The number of sulfonamides is 1. The van der Waals surface area contributed by atoms with Crippen molar-refractivity contribution in [1.29, 1.82) is 0 Å². The number of benzene rings is 1. The van der Waals surface area contributed by atoms with E-state index < -0.39 is 10.0 Å². The highest BCUT2D eigenvalue weighted by atomic mass is 32.2. The largest absolute Gasteiger partial charge is 0.348 e. The molecular formula is C21H33N3O3S. The highest BCUT2D eigenvalue weighted by Gasteiger charge is 2.33. The van der Waals surface area contributed by atoms with E-state index in [1.54, 1.807) is 12.1 Å². The number of nitrogens with zero attached hydrogens (tertiary/aromatic N) is 2. The second-order valence-corrected chi connectivity index (χ2v) is 10.9. The van der Waals surface area contributed by atoms with Crippen LogP contribution in [0.2, 0.25) is 0 Å². The number of carbonyl (C=O) groups excluding carboxylic acids is 1. The van der Waals surface area contributed by atoms with Crippen molar-refractivity contribution in [2.24, 2.45) is 11.8 Å². The second-order valence-electron chi connectivity index (χ2n) is 8.99. The summed E-state index contributed by atoms with van der Waals surface area (Å²) in [5.74, 6) is 1.30. The van der Waals surface area contributed by atoms with Gasteiger partial charge < -0.3 is 10.2 Å². The van der Waals surface area contributed by atoms with Crippen LogP contribution in [0.4, 0.5) is 5.69 Å². The van der Waals surface area contributed by atoms with Gasteiger partial charge in [0.1, 0.15) is 0 Å². The van der Waals surface area contributed by atoms with Gasteiger partial charge in [0.05, 0.1) is 11.9 Å². The minimum atomic E-state index is -3.32. The van der Waals surface area contributed by atoms with E-state index in [9.17, 15) is 13.2 Å². The molecule has 0 spiro atoms. The minimum Gasteiger partial charge on any atom is -0.348 e. The normalized spacial score (nSPS) is 26.8. The van der Waals surface area contributed by atoms with Gasteiger partial charge in [-0.05, 0) is 62.3 Å². The molecule has 0 aromatic heterocycles. The molecule has 6 nitrogen and oxygen atoms in total. The molecule has 4 unspecified atom stereocenters. The molecule has 1 amide bonds. The van der Waals surface area contributed by atoms with Crippen molar-refractivity contribution in [2.45, 2.75) is 52.6 Å². The third-order valence-electron chi connectivity index (χ3n) is 5.71. The number of rotatable bonds is 5. The maximum absolute atomic E-state index is 12.7. The van der Waals surface area contributed by atoms with E-state index in [0.717, 1.165) is 25.2 Å². The van der Waals surface area contributed by atoms with Crippen molar-refractivity contribution in [3.8, 4) is 0 Å². The van der Waals surface area contributed by atoms with Crippen LogP contribution in [-0.4, -0.2) is 57.2 Å². The summed E-state index contributed by atoms with van der Waals surface area (Å²) in [6, 6.07) is 5.26. The van der Waals surface area contributed by atoms with Crippen molar-refractivity contribution in [1.82, 2.24) is 10.2 Å². The fraction of sp³-hybridized carbons (Fsp3) is 0.667. The highest BCUT2D eigenvalue weighted by molar-refractivity contribution is 7.92. The summed E-state index contributed by atoms with van der Waals surface area (Å²) in [5, 5.41) is 3.10. The Morgan fingerprint density at radius 3 is 2.46 bits per heavy atom. The van der Waals surface area contributed by atoms with Crippen LogP contribution in [0.5, 0.6) is 0 Å². The number of hydrogen-bond donors (Lipinski definition) is 1. The fourth-order valence-electron chi connectivity index (χ4n) is 4.93. The molecule has 0 radical (unpaired) electrons. The van der Waals surface area contributed by atoms with Gasteiger partial charge in [0.2, 0.25) is 10.0 Å². The van der Waals surface area contributed by atoms with Crippen LogP contribution in [0.3, 0.4) is 0 Å². The molecule has 0 saturated carbocycles. The summed E-state index contributed by atoms with van der Waals surface area (Å²) in [7, 11) is -3.32. The maximum atomic E-state index is 12.7. The molecule has 1 aromatic rings. The number of likely N-dealkylation sites (tertiary alicyclic amines) is 1. The van der Waals surface area contributed by atoms with Crippen LogP contribution < -0.4 is 9.62 Å². The predicted octanol–water partition coefficient (Wildman–Crippen LogP) is 2.49. The molecule has 0 bridgehead atoms. The lowest BCUT2D eigenvalue weighted by atomic mass is 9.92. The molecule has 2 heterocycles. The molecule has 7 heteroatoms. The first kappa shape index (κ1) is 21.1. The number of hydrogen-bond acceptors (Lipinski definition) is 4. The molecule has 4 atom stereocenters. The van der Waals surface area contributed by atoms with Crippen LogP contribution in [0.25, 0.3) is 0 Å². The molecular weight excluding hydrogens is 374 g/mol. The number of carbonyl (C=O) groups is 1. The standard InChI is InChI=1S/C21H33N3O3S/c1-14-8-15(2)12-23(11-14)13-16(3)22-21(25)18-6-7-20-19(10-18)9-17(4)24(20)28(5,26)27/h6-7,10,14-17H,8-9,11-13H2,1-5H3,(H,22,25). The summed E-state index contributed by atoms with van der Waals surface area (Å²) in [6.45, 7) is 11.5. The second kappa shape index (κ2) is 8.03. The molecule has 3 rings (SSSR count). The number of amides is 1. The van der Waals surface area contributed by atoms with Crippen LogP contribution in [-0.2, 0) is 16.4 Å². The summed E-state index contributed by atoms with van der Waals surface area (Å²) in [4.78, 5) is 15.2. The lowest BCUT2D eigenvalue weighted by molar-refractivity contribution is 0.0905. The SMILES string of the molecule is CC1CC(C)CN(CC(C)NC(=O)c2ccc3c(c2)CC(C)N3S(C)(=O)=O)C1. The Balaban J connectivity index is 1.65. The van der Waals surface area contributed by atoms with Crippen molar-refractivity contribution in [2.75, 3.05) is 30.2 Å². The Labute approximate surface area is 169 Å². The van der Waals surface area contributed by atoms with Gasteiger partial charge in [-0.3, -0.25) is 9.10 Å². The summed E-state index contributed by atoms with van der Waals surface area (Å²) >= 11 is 0. The Kier molecular flexibility index (Phi) is 6.05. The number of anilines is 1. The van der Waals surface area contributed by atoms with E-state index in [-0.39, 0.29) is 18.0 Å². The molecule has 1 N–H and O–H groups in total. The molecule has 28 heavy (non-hydrogen) atoms. The number of fused-ring (bicyclic) bond motifs is 1. The van der Waals surface area contributed by atoms with Gasteiger partial charge in [0.15, 0.2) is 0 Å². The summed E-state index contributed by atoms with van der Waals surface area (Å²) in [6.07, 6.45) is 3.13. The molecule has 2 aliphatic rings. The van der Waals surface area contributed by atoms with Gasteiger partial charge in [-0.1, -0.05) is 13.8 Å². The first-order valence-electron chi connectivity index (χ1n) is 10.2. The smallest absolute Gasteiger partial charge is 0.251 e. The third kappa shape index (κ3) is 4.69. The fourth-order valence-corrected chi connectivity index (χ4v) is 6.19. The number of piperidine rings is 1. The van der Waals surface area contributed by atoms with E-state index in [4.69, 9.17) is 0 Å². The first-order chi connectivity index (χ1) is 13.0. The van der Waals surface area contributed by atoms with E-state index in [1.165, 1.54) is 17.0 Å². The van der Waals surface area contributed by atoms with Gasteiger partial charge in [-0.25, -0.2) is 8.42 Å². The first-order valence-corrected chi connectivity index (χ1v) is 12.0. The molecule has 1 aromatic carbocycles. The maximum Gasteiger partial charge on any atom is 0.251 e. The molecule has 2 aliphatic heterocycles. The Morgan fingerprint density at radius 2 is 1.86 bits per heavy atom. The van der Waals surface area contributed by atoms with E-state index in [1.807, 2.05) is 19.9 Å². The highest BCUT2D eigenvalue weighted by Crippen LogP contribution is 2.34. The topological polar surface area (TPSA) is 69.7 Å². The van der Waals surface area contributed by atoms with Gasteiger partial charge in [-0.2, -0.15) is 0 Å². The Morgan fingerprint density at radius 1 is 1.21 bits per heavy atom. The molecule has 0 aliphatic carbocycles. The zero-order valence-electron chi connectivity index (χ0n) is 17.6. The van der Waals surface area contributed by atoms with Crippen LogP contribution in [0.1, 0.15) is 50.0 Å². The predicted molar refractivity (Wildman–Crippen MR) is 113 cm³/mol. The zero-order chi connectivity index (χ0) is 20.6. The van der Waals surface area contributed by atoms with Crippen molar-refractivity contribution in [3.05, 3.63) is 29.3 Å². The van der Waals surface area contributed by atoms with Crippen molar-refractivity contribution in [3.63, 3.8) is 0 Å². The van der Waals surface area contributed by atoms with Gasteiger partial charge in [-0.15, -0.1) is 0 Å². The molecule has 1 saturated heterocycles. The monoisotopic (exact) mass is 407 g/mol. The molecule has 1 fully saturated rings. The van der Waals surface area contributed by atoms with Gasteiger partial charge in [0, 0.05) is 37.3 Å². The average Bonchev–Trinajstić information content (AvgIpc) is 2.88. The van der Waals surface area contributed by atoms with Crippen LogP contribution >= 0.6 is 0 Å². The molecule has 156 valence electrons. The average molecular weight is 408 g/mol. The summed E-state index contributed by atoms with van der Waals surface area (Å²) < 4.78 is 25.5. The quantitative estimate of drug-likeness (QED) is 0.814. The van der Waals surface area contributed by atoms with Crippen molar-refractivity contribution < 1.29 is 13.2 Å². The van der Waals surface area contributed by atoms with Crippen molar-refractivity contribution >= 4 is 21.6 Å². The Bertz CT molecular complexity index is 829. The van der Waals surface area contributed by atoms with E-state index in [2.05, 4.69) is 24.1 Å².